The first kappa shape index (κ1) is 17.9. The van der Waals surface area contributed by atoms with E-state index < -0.39 is 18.5 Å². The number of carbonyl (C=O) groups excluding carboxylic acids is 2. The first-order valence-electron chi connectivity index (χ1n) is 8.87. The van der Waals surface area contributed by atoms with Crippen LogP contribution in [0.2, 0.25) is 0 Å². The maximum Gasteiger partial charge on any atom is 0.375 e. The molecule has 0 saturated heterocycles. The molecule has 144 valence electrons. The van der Waals surface area contributed by atoms with Crippen molar-refractivity contribution in [2.24, 2.45) is 0 Å². The van der Waals surface area contributed by atoms with Gasteiger partial charge >= 0.3 is 5.97 Å². The average molecular weight is 381 g/mol. The summed E-state index contributed by atoms with van der Waals surface area (Å²) < 4.78 is 21.3. The first-order valence-corrected chi connectivity index (χ1v) is 8.87. The number of esters is 1. The molecule has 4 rings (SSSR count). The molecule has 1 aromatic heterocycles. The Bertz CT molecular complexity index is 1050. The van der Waals surface area contributed by atoms with Gasteiger partial charge in [-0.25, -0.2) is 4.79 Å². The van der Waals surface area contributed by atoms with E-state index in [1.165, 1.54) is 0 Å². The Balaban J connectivity index is 1.36. The molecule has 1 N–H and O–H groups in total. The second kappa shape index (κ2) is 7.26. The van der Waals surface area contributed by atoms with Crippen LogP contribution in [0.15, 0.2) is 46.9 Å². The summed E-state index contributed by atoms with van der Waals surface area (Å²) >= 11 is 0. The monoisotopic (exact) mass is 381 g/mol. The smallest absolute Gasteiger partial charge is 0.375 e. The molecule has 7 heteroatoms. The summed E-state index contributed by atoms with van der Waals surface area (Å²) in [6.45, 7) is 3.41. The Morgan fingerprint density at radius 1 is 1.14 bits per heavy atom. The van der Waals surface area contributed by atoms with Gasteiger partial charge in [-0.1, -0.05) is 24.3 Å². The van der Waals surface area contributed by atoms with Crippen molar-refractivity contribution < 1.29 is 28.2 Å². The van der Waals surface area contributed by atoms with Crippen LogP contribution in [0.3, 0.4) is 0 Å². The molecule has 0 saturated carbocycles. The number of hydrogen-bond acceptors (Lipinski definition) is 6. The number of carbonyl (C=O) groups is 2. The highest BCUT2D eigenvalue weighted by molar-refractivity contribution is 5.96. The Hall–Kier alpha value is -3.48. The van der Waals surface area contributed by atoms with E-state index in [2.05, 4.69) is 5.32 Å². The van der Waals surface area contributed by atoms with Gasteiger partial charge in [0, 0.05) is 10.9 Å². The van der Waals surface area contributed by atoms with Crippen molar-refractivity contribution in [2.45, 2.75) is 19.9 Å². The van der Waals surface area contributed by atoms with Gasteiger partial charge in [-0.15, -0.1) is 0 Å². The number of fused-ring (bicyclic) bond motifs is 2. The topological polar surface area (TPSA) is 87.0 Å². The van der Waals surface area contributed by atoms with Gasteiger partial charge in [0.1, 0.15) is 5.58 Å². The van der Waals surface area contributed by atoms with Crippen LogP contribution >= 0.6 is 0 Å². The second-order valence-corrected chi connectivity index (χ2v) is 6.53. The van der Waals surface area contributed by atoms with E-state index >= 15 is 0 Å². The zero-order chi connectivity index (χ0) is 19.7. The third-order valence-electron chi connectivity index (χ3n) is 4.64. The van der Waals surface area contributed by atoms with Crippen LogP contribution in [0.4, 0.5) is 0 Å². The summed E-state index contributed by atoms with van der Waals surface area (Å²) in [5.74, 6) is 0.354. The predicted molar refractivity (Wildman–Crippen MR) is 100 cm³/mol. The number of furan rings is 1. The molecule has 0 radical (unpaired) electrons. The third kappa shape index (κ3) is 3.38. The van der Waals surface area contributed by atoms with E-state index in [0.29, 0.717) is 22.6 Å². The molecule has 3 aromatic rings. The molecule has 0 aliphatic carbocycles. The minimum Gasteiger partial charge on any atom is -0.454 e. The highest BCUT2D eigenvalue weighted by atomic mass is 16.7. The van der Waals surface area contributed by atoms with E-state index in [1.54, 1.807) is 19.1 Å². The highest BCUT2D eigenvalue weighted by Crippen LogP contribution is 2.34. The van der Waals surface area contributed by atoms with E-state index in [9.17, 15) is 9.59 Å². The van der Waals surface area contributed by atoms with E-state index in [4.69, 9.17) is 18.6 Å². The minimum atomic E-state index is -0.667. The Morgan fingerprint density at radius 2 is 1.93 bits per heavy atom. The molecule has 1 aliphatic heterocycles. The van der Waals surface area contributed by atoms with E-state index in [0.717, 1.165) is 10.9 Å². The molecule has 2 aromatic carbocycles. The molecular weight excluding hydrogens is 362 g/mol. The number of benzene rings is 2. The van der Waals surface area contributed by atoms with Crippen molar-refractivity contribution in [1.82, 2.24) is 5.32 Å². The lowest BCUT2D eigenvalue weighted by molar-refractivity contribution is -0.124. The van der Waals surface area contributed by atoms with Crippen LogP contribution in [0.5, 0.6) is 11.5 Å². The summed E-state index contributed by atoms with van der Waals surface area (Å²) in [5, 5.41) is 3.64. The van der Waals surface area contributed by atoms with Crippen molar-refractivity contribution >= 4 is 22.8 Å². The van der Waals surface area contributed by atoms with Gasteiger partial charge in [0.25, 0.3) is 5.91 Å². The SMILES string of the molecule is Cc1c(C(=O)OCC(=O)N[C@H](C)c2ccc3c(c2)OCO3)oc2ccccc12. The number of amides is 1. The lowest BCUT2D eigenvalue weighted by Gasteiger charge is -2.14. The van der Waals surface area contributed by atoms with Crippen LogP contribution in [0, 0.1) is 6.92 Å². The minimum absolute atomic E-state index is 0.109. The van der Waals surface area contributed by atoms with Crippen molar-refractivity contribution in [3.8, 4) is 11.5 Å². The highest BCUT2D eigenvalue weighted by Gasteiger charge is 2.21. The van der Waals surface area contributed by atoms with Crippen molar-refractivity contribution in [1.29, 1.82) is 0 Å². The number of nitrogens with one attached hydrogen (secondary N) is 1. The summed E-state index contributed by atoms with van der Waals surface area (Å²) in [6.07, 6.45) is 0. The zero-order valence-electron chi connectivity index (χ0n) is 15.5. The third-order valence-corrected chi connectivity index (χ3v) is 4.64. The van der Waals surface area contributed by atoms with Crippen molar-refractivity contribution in [2.75, 3.05) is 13.4 Å². The Kier molecular flexibility index (Phi) is 4.65. The van der Waals surface area contributed by atoms with Gasteiger partial charge in [-0.3, -0.25) is 4.79 Å². The van der Waals surface area contributed by atoms with Crippen molar-refractivity contribution in [3.05, 3.63) is 59.4 Å². The largest absolute Gasteiger partial charge is 0.454 e. The molecule has 1 aliphatic rings. The molecule has 2 heterocycles. The quantitative estimate of drug-likeness (QED) is 0.681. The predicted octanol–water partition coefficient (Wildman–Crippen LogP) is 3.50. The number of rotatable bonds is 5. The molecule has 7 nitrogen and oxygen atoms in total. The van der Waals surface area contributed by atoms with Gasteiger partial charge in [0.05, 0.1) is 6.04 Å². The summed E-state index contributed by atoms with van der Waals surface area (Å²) in [6, 6.07) is 12.5. The molecule has 0 fully saturated rings. The summed E-state index contributed by atoms with van der Waals surface area (Å²) in [4.78, 5) is 24.5. The van der Waals surface area contributed by atoms with Gasteiger partial charge in [-0.05, 0) is 37.6 Å². The fraction of sp³-hybridized carbons (Fsp3) is 0.238. The van der Waals surface area contributed by atoms with E-state index in [1.807, 2.05) is 37.3 Å². The van der Waals surface area contributed by atoms with Crippen LogP contribution in [0.1, 0.15) is 34.6 Å². The summed E-state index contributed by atoms with van der Waals surface area (Å²) in [7, 11) is 0. The maximum atomic E-state index is 12.3. The van der Waals surface area contributed by atoms with Gasteiger partial charge in [-0.2, -0.15) is 0 Å². The van der Waals surface area contributed by atoms with Crippen LogP contribution in [-0.4, -0.2) is 25.3 Å². The number of para-hydroxylation sites is 1. The lowest BCUT2D eigenvalue weighted by atomic mass is 10.1. The van der Waals surface area contributed by atoms with Gasteiger partial charge < -0.3 is 23.9 Å². The van der Waals surface area contributed by atoms with Crippen LogP contribution < -0.4 is 14.8 Å². The van der Waals surface area contributed by atoms with E-state index in [-0.39, 0.29) is 18.6 Å². The normalized spacial score (nSPS) is 13.4. The van der Waals surface area contributed by atoms with Gasteiger partial charge in [0.2, 0.25) is 12.6 Å². The fourth-order valence-electron chi connectivity index (χ4n) is 3.11. The van der Waals surface area contributed by atoms with Crippen molar-refractivity contribution in [3.63, 3.8) is 0 Å². The molecule has 0 spiro atoms. The average Bonchev–Trinajstić information content (AvgIpc) is 3.30. The van der Waals surface area contributed by atoms with Gasteiger partial charge in [0.15, 0.2) is 18.1 Å². The molecule has 1 amide bonds. The first-order chi connectivity index (χ1) is 13.5. The van der Waals surface area contributed by atoms with Crippen LogP contribution in [-0.2, 0) is 9.53 Å². The molecule has 28 heavy (non-hydrogen) atoms. The second-order valence-electron chi connectivity index (χ2n) is 6.53. The number of hydrogen-bond donors (Lipinski definition) is 1. The fourth-order valence-corrected chi connectivity index (χ4v) is 3.11. The zero-order valence-corrected chi connectivity index (χ0v) is 15.5. The Morgan fingerprint density at radius 3 is 2.75 bits per heavy atom. The standard InChI is InChI=1S/C21H19NO6/c1-12-15-5-3-4-6-16(15)28-20(12)21(24)25-10-19(23)22-13(2)14-7-8-17-18(9-14)27-11-26-17/h3-9,13H,10-11H2,1-2H3,(H,22,23)/t13-/m1/s1. The van der Waals surface area contributed by atoms with Crippen LogP contribution in [0.25, 0.3) is 11.0 Å². The molecule has 1 atom stereocenters. The molecule has 0 bridgehead atoms. The Labute approximate surface area is 161 Å². The molecular formula is C21H19NO6. The molecule has 0 unspecified atom stereocenters. The number of ether oxygens (including phenoxy) is 3. The number of aryl methyl sites for hydroxylation is 1. The summed E-state index contributed by atoms with van der Waals surface area (Å²) in [5.41, 5.74) is 2.15. The maximum absolute atomic E-state index is 12.3. The lowest BCUT2D eigenvalue weighted by Crippen LogP contribution is -2.31.